The molecule has 1 aliphatic rings. The smallest absolute Gasteiger partial charge is 0.159 e. The van der Waals surface area contributed by atoms with Gasteiger partial charge in [-0.15, -0.1) is 0 Å². The third kappa shape index (κ3) is 3.97. The van der Waals surface area contributed by atoms with Crippen LogP contribution in [-0.2, 0) is 6.54 Å². The number of Topliss-reactive ketones (excluding diaryl/α,β-unsaturated/α-hetero) is 1. The van der Waals surface area contributed by atoms with Gasteiger partial charge in [-0.1, -0.05) is 15.9 Å². The Bertz CT molecular complexity index is 723. The van der Waals surface area contributed by atoms with Gasteiger partial charge in [0.15, 0.2) is 5.78 Å². The normalized spacial score (nSPS) is 15.5. The highest BCUT2D eigenvalue weighted by Gasteiger charge is 2.21. The topological polar surface area (TPSA) is 45.0 Å². The molecule has 2 aromatic carbocycles. The molecule has 0 radical (unpaired) electrons. The number of piperazine rings is 1. The number of anilines is 1. The van der Waals surface area contributed by atoms with Crippen molar-refractivity contribution < 1.29 is 14.8 Å². The fraction of sp³-hybridized carbons (Fsp3) is 0.316. The van der Waals surface area contributed by atoms with Crippen LogP contribution >= 0.6 is 15.9 Å². The molecule has 0 aromatic heterocycles. The lowest BCUT2D eigenvalue weighted by molar-refractivity contribution is -0.914. The predicted molar refractivity (Wildman–Crippen MR) is 98.9 cm³/mol. The fourth-order valence-electron chi connectivity index (χ4n) is 3.13. The van der Waals surface area contributed by atoms with Crippen LogP contribution in [0.25, 0.3) is 0 Å². The van der Waals surface area contributed by atoms with E-state index < -0.39 is 0 Å². The van der Waals surface area contributed by atoms with Crippen molar-refractivity contribution >= 4 is 27.4 Å². The summed E-state index contributed by atoms with van der Waals surface area (Å²) < 4.78 is 0.999. The van der Waals surface area contributed by atoms with Gasteiger partial charge in [-0.25, -0.2) is 0 Å². The lowest BCUT2D eigenvalue weighted by Gasteiger charge is -2.33. The van der Waals surface area contributed by atoms with Crippen molar-refractivity contribution in [3.8, 4) is 5.75 Å². The maximum atomic E-state index is 11.4. The Labute approximate surface area is 150 Å². The number of nitrogens with zero attached hydrogens (tertiary/aromatic N) is 1. The van der Waals surface area contributed by atoms with Crippen LogP contribution in [0.3, 0.4) is 0 Å². The van der Waals surface area contributed by atoms with Crippen LogP contribution in [0, 0.1) is 0 Å². The molecule has 1 heterocycles. The predicted octanol–water partition coefficient (Wildman–Crippen LogP) is 2.26. The number of halogens is 1. The molecule has 1 saturated heterocycles. The molecule has 1 fully saturated rings. The molecule has 0 bridgehead atoms. The first-order valence-electron chi connectivity index (χ1n) is 8.20. The number of carbonyl (C=O) groups excluding carboxylic acids is 1. The lowest BCUT2D eigenvalue weighted by atomic mass is 10.1. The Kier molecular flexibility index (Phi) is 5.21. The number of carbonyl (C=O) groups is 1. The standard InChI is InChI=1S/C19H21BrN2O2/c1-14(23)15-2-5-18(6-3-15)22-10-8-21(9-11-22)13-16-12-17(20)4-7-19(16)24/h2-7,12,24H,8-11,13H2,1H3/p+1. The molecule has 0 saturated carbocycles. The molecule has 3 rings (SSSR count). The van der Waals surface area contributed by atoms with Gasteiger partial charge >= 0.3 is 0 Å². The Hall–Kier alpha value is -1.85. The lowest BCUT2D eigenvalue weighted by Crippen LogP contribution is -3.13. The van der Waals surface area contributed by atoms with Crippen LogP contribution in [-0.4, -0.2) is 37.1 Å². The van der Waals surface area contributed by atoms with Gasteiger partial charge in [-0.3, -0.25) is 4.79 Å². The third-order valence-corrected chi connectivity index (χ3v) is 5.08. The summed E-state index contributed by atoms with van der Waals surface area (Å²) in [7, 11) is 0. The first kappa shape index (κ1) is 17.0. The van der Waals surface area contributed by atoms with Crippen LogP contribution in [0.1, 0.15) is 22.8 Å². The zero-order valence-corrected chi connectivity index (χ0v) is 15.3. The van der Waals surface area contributed by atoms with Crippen molar-refractivity contribution in [1.29, 1.82) is 0 Å². The maximum absolute atomic E-state index is 11.4. The molecule has 0 spiro atoms. The van der Waals surface area contributed by atoms with Crippen LogP contribution in [0.5, 0.6) is 5.75 Å². The summed E-state index contributed by atoms with van der Waals surface area (Å²) in [5.41, 5.74) is 2.91. The van der Waals surface area contributed by atoms with Gasteiger partial charge in [0.05, 0.1) is 26.2 Å². The number of quaternary nitrogens is 1. The Balaban J connectivity index is 1.59. The number of ketones is 1. The first-order valence-corrected chi connectivity index (χ1v) is 8.99. The van der Waals surface area contributed by atoms with E-state index >= 15 is 0 Å². The van der Waals surface area contributed by atoms with Crippen LogP contribution in [0.4, 0.5) is 5.69 Å². The highest BCUT2D eigenvalue weighted by molar-refractivity contribution is 9.10. The maximum Gasteiger partial charge on any atom is 0.159 e. The Morgan fingerprint density at radius 1 is 1.17 bits per heavy atom. The molecule has 24 heavy (non-hydrogen) atoms. The van der Waals surface area contributed by atoms with Crippen LogP contribution in [0.15, 0.2) is 46.9 Å². The van der Waals surface area contributed by atoms with Gasteiger partial charge in [0.1, 0.15) is 12.3 Å². The summed E-state index contributed by atoms with van der Waals surface area (Å²) >= 11 is 3.46. The molecule has 0 atom stereocenters. The van der Waals surface area contributed by atoms with Gasteiger partial charge in [-0.2, -0.15) is 0 Å². The van der Waals surface area contributed by atoms with E-state index in [2.05, 4.69) is 20.8 Å². The second-order valence-electron chi connectivity index (χ2n) is 6.29. The van der Waals surface area contributed by atoms with E-state index in [0.29, 0.717) is 5.75 Å². The second-order valence-corrected chi connectivity index (χ2v) is 7.21. The molecule has 0 unspecified atom stereocenters. The number of phenols is 1. The monoisotopic (exact) mass is 389 g/mol. The molecule has 5 heteroatoms. The summed E-state index contributed by atoms with van der Waals surface area (Å²) in [5.74, 6) is 0.470. The van der Waals surface area contributed by atoms with Crippen molar-refractivity contribution in [2.75, 3.05) is 31.1 Å². The zero-order chi connectivity index (χ0) is 17.1. The average molecular weight is 390 g/mol. The minimum Gasteiger partial charge on any atom is -0.507 e. The van der Waals surface area contributed by atoms with Crippen molar-refractivity contribution in [1.82, 2.24) is 0 Å². The molecule has 0 amide bonds. The number of aromatic hydroxyl groups is 1. The minimum atomic E-state index is 0.102. The van der Waals surface area contributed by atoms with Crippen molar-refractivity contribution in [2.45, 2.75) is 13.5 Å². The molecule has 1 aliphatic heterocycles. The van der Waals surface area contributed by atoms with E-state index in [1.807, 2.05) is 36.4 Å². The molecular weight excluding hydrogens is 368 g/mol. The average Bonchev–Trinajstić information content (AvgIpc) is 2.59. The summed E-state index contributed by atoms with van der Waals surface area (Å²) in [4.78, 5) is 15.2. The SMILES string of the molecule is CC(=O)c1ccc(N2CC[NH+](Cc3cc(Br)ccc3O)CC2)cc1. The summed E-state index contributed by atoms with van der Waals surface area (Å²) in [6, 6.07) is 13.5. The summed E-state index contributed by atoms with van der Waals surface area (Å²) in [6.07, 6.45) is 0. The van der Waals surface area contributed by atoms with Gasteiger partial charge < -0.3 is 14.9 Å². The number of phenolic OH excluding ortho intramolecular Hbond substituents is 1. The van der Waals surface area contributed by atoms with E-state index in [0.717, 1.165) is 48.3 Å². The third-order valence-electron chi connectivity index (χ3n) is 4.59. The second kappa shape index (κ2) is 7.36. The highest BCUT2D eigenvalue weighted by Crippen LogP contribution is 2.21. The quantitative estimate of drug-likeness (QED) is 0.788. The van der Waals surface area contributed by atoms with Crippen LogP contribution in [0.2, 0.25) is 0 Å². The molecule has 0 aliphatic carbocycles. The zero-order valence-electron chi connectivity index (χ0n) is 13.8. The highest BCUT2D eigenvalue weighted by atomic mass is 79.9. The van der Waals surface area contributed by atoms with Gasteiger partial charge in [0, 0.05) is 21.3 Å². The van der Waals surface area contributed by atoms with Crippen LogP contribution < -0.4 is 9.80 Å². The van der Waals surface area contributed by atoms with E-state index in [1.54, 1.807) is 13.0 Å². The fourth-order valence-corrected chi connectivity index (χ4v) is 3.54. The summed E-state index contributed by atoms with van der Waals surface area (Å²) in [5, 5.41) is 9.99. The number of benzene rings is 2. The van der Waals surface area contributed by atoms with E-state index in [4.69, 9.17) is 0 Å². The van der Waals surface area contributed by atoms with E-state index in [9.17, 15) is 9.90 Å². The van der Waals surface area contributed by atoms with Gasteiger partial charge in [0.2, 0.25) is 0 Å². The molecule has 2 N–H and O–H groups in total. The van der Waals surface area contributed by atoms with Crippen molar-refractivity contribution in [3.63, 3.8) is 0 Å². The minimum absolute atomic E-state index is 0.102. The van der Waals surface area contributed by atoms with E-state index in [-0.39, 0.29) is 5.78 Å². The van der Waals surface area contributed by atoms with Gasteiger partial charge in [-0.05, 0) is 49.4 Å². The van der Waals surface area contributed by atoms with Crippen molar-refractivity contribution in [2.24, 2.45) is 0 Å². The Morgan fingerprint density at radius 2 is 1.83 bits per heavy atom. The number of hydrogen-bond acceptors (Lipinski definition) is 3. The molecule has 126 valence electrons. The molecule has 4 nitrogen and oxygen atoms in total. The number of nitrogens with one attached hydrogen (secondary N) is 1. The molecular formula is C19H22BrN2O2+. The van der Waals surface area contributed by atoms with Crippen molar-refractivity contribution in [3.05, 3.63) is 58.1 Å². The largest absolute Gasteiger partial charge is 0.507 e. The number of rotatable bonds is 4. The number of hydrogen-bond donors (Lipinski definition) is 2. The summed E-state index contributed by atoms with van der Waals surface area (Å²) in [6.45, 7) is 6.44. The Morgan fingerprint density at radius 3 is 2.46 bits per heavy atom. The van der Waals surface area contributed by atoms with Gasteiger partial charge in [0.25, 0.3) is 0 Å². The first-order chi connectivity index (χ1) is 11.5. The molecule has 2 aromatic rings. The van der Waals surface area contributed by atoms with E-state index in [1.165, 1.54) is 10.6 Å².